The lowest BCUT2D eigenvalue weighted by atomic mass is 10.2. The first-order chi connectivity index (χ1) is 11.1. The molecule has 1 atom stereocenters. The number of rotatable bonds is 7. The van der Waals surface area contributed by atoms with Crippen LogP contribution in [0.5, 0.6) is 5.75 Å². The number of amides is 1. The Morgan fingerprint density at radius 3 is 2.74 bits per heavy atom. The van der Waals surface area contributed by atoms with Crippen molar-refractivity contribution in [2.75, 3.05) is 17.2 Å². The highest BCUT2D eigenvalue weighted by Gasteiger charge is 2.06. The van der Waals surface area contributed by atoms with Crippen molar-refractivity contribution in [3.8, 4) is 5.75 Å². The van der Waals surface area contributed by atoms with Gasteiger partial charge in [-0.05, 0) is 37.6 Å². The molecule has 0 aromatic heterocycles. The van der Waals surface area contributed by atoms with E-state index in [1.807, 2.05) is 26.0 Å². The largest absolute Gasteiger partial charge is 0.491 e. The molecule has 1 unspecified atom stereocenters. The number of anilines is 2. The second-order valence-electron chi connectivity index (χ2n) is 5.25. The van der Waals surface area contributed by atoms with Crippen molar-refractivity contribution in [1.29, 1.82) is 0 Å². The van der Waals surface area contributed by atoms with Crippen molar-refractivity contribution in [1.82, 2.24) is 0 Å². The maximum Gasteiger partial charge on any atom is 0.243 e. The van der Waals surface area contributed by atoms with Crippen LogP contribution in [0.4, 0.5) is 15.8 Å². The molecule has 0 fully saturated rings. The fraction of sp³-hybridized carbons (Fsp3) is 0.278. The van der Waals surface area contributed by atoms with E-state index < -0.39 is 0 Å². The number of carbonyl (C=O) groups excluding carboxylic acids is 1. The van der Waals surface area contributed by atoms with Crippen LogP contribution >= 0.6 is 0 Å². The van der Waals surface area contributed by atoms with Gasteiger partial charge in [0.25, 0.3) is 0 Å². The summed E-state index contributed by atoms with van der Waals surface area (Å²) in [5.41, 5.74) is 0.947. The summed E-state index contributed by atoms with van der Waals surface area (Å²) in [6.07, 6.45) is 1.02. The number of para-hydroxylation sites is 1. The number of halogens is 1. The minimum Gasteiger partial charge on any atom is -0.491 e. The molecule has 0 bridgehead atoms. The molecule has 0 saturated carbocycles. The summed E-state index contributed by atoms with van der Waals surface area (Å²) in [5, 5.41) is 5.53. The predicted molar refractivity (Wildman–Crippen MR) is 90.3 cm³/mol. The Labute approximate surface area is 135 Å². The van der Waals surface area contributed by atoms with Gasteiger partial charge in [0.15, 0.2) is 0 Å². The van der Waals surface area contributed by atoms with Gasteiger partial charge in [-0.3, -0.25) is 4.79 Å². The monoisotopic (exact) mass is 316 g/mol. The number of carbonyl (C=O) groups is 1. The van der Waals surface area contributed by atoms with Gasteiger partial charge in [0.05, 0.1) is 18.3 Å². The molecule has 23 heavy (non-hydrogen) atoms. The van der Waals surface area contributed by atoms with E-state index in [-0.39, 0.29) is 24.4 Å². The molecular weight excluding hydrogens is 295 g/mol. The average molecular weight is 316 g/mol. The summed E-state index contributed by atoms with van der Waals surface area (Å²) in [4.78, 5) is 11.9. The first kappa shape index (κ1) is 16.8. The Balaban J connectivity index is 1.90. The number of nitrogens with one attached hydrogen (secondary N) is 2. The molecule has 0 radical (unpaired) electrons. The van der Waals surface area contributed by atoms with Crippen molar-refractivity contribution < 1.29 is 13.9 Å². The SMILES string of the molecule is CCC(C)Oc1cccc(NC(=O)CNc2ccccc2F)c1. The normalized spacial score (nSPS) is 11.6. The summed E-state index contributed by atoms with van der Waals surface area (Å²) in [6, 6.07) is 13.5. The van der Waals surface area contributed by atoms with E-state index in [0.29, 0.717) is 17.1 Å². The molecule has 4 nitrogen and oxygen atoms in total. The molecular formula is C18H21FN2O2. The van der Waals surface area contributed by atoms with Crippen LogP contribution in [0, 0.1) is 5.82 Å². The van der Waals surface area contributed by atoms with Crippen molar-refractivity contribution in [2.45, 2.75) is 26.4 Å². The Morgan fingerprint density at radius 2 is 2.00 bits per heavy atom. The number of hydrogen-bond donors (Lipinski definition) is 2. The summed E-state index contributed by atoms with van der Waals surface area (Å²) in [5.74, 6) is 0.0670. The molecule has 0 spiro atoms. The molecule has 0 aliphatic rings. The smallest absolute Gasteiger partial charge is 0.243 e. The minimum atomic E-state index is -0.385. The van der Waals surface area contributed by atoms with E-state index in [2.05, 4.69) is 10.6 Å². The average Bonchev–Trinajstić information content (AvgIpc) is 2.54. The van der Waals surface area contributed by atoms with E-state index in [1.54, 1.807) is 30.3 Å². The van der Waals surface area contributed by atoms with Crippen LogP contribution in [0.15, 0.2) is 48.5 Å². The van der Waals surface area contributed by atoms with Gasteiger partial charge in [-0.25, -0.2) is 4.39 Å². The molecule has 1 amide bonds. The van der Waals surface area contributed by atoms with Crippen molar-refractivity contribution in [3.63, 3.8) is 0 Å². The van der Waals surface area contributed by atoms with Crippen LogP contribution in [0.1, 0.15) is 20.3 Å². The lowest BCUT2D eigenvalue weighted by molar-refractivity contribution is -0.114. The van der Waals surface area contributed by atoms with Crippen LogP contribution in [0.3, 0.4) is 0 Å². The van der Waals surface area contributed by atoms with E-state index in [0.717, 1.165) is 6.42 Å². The lowest BCUT2D eigenvalue weighted by Gasteiger charge is -2.14. The quantitative estimate of drug-likeness (QED) is 0.810. The highest BCUT2D eigenvalue weighted by molar-refractivity contribution is 5.93. The highest BCUT2D eigenvalue weighted by atomic mass is 19.1. The molecule has 2 aromatic carbocycles. The lowest BCUT2D eigenvalue weighted by Crippen LogP contribution is -2.22. The van der Waals surface area contributed by atoms with Gasteiger partial charge in [0.1, 0.15) is 11.6 Å². The van der Waals surface area contributed by atoms with E-state index >= 15 is 0 Å². The second kappa shape index (κ2) is 8.17. The summed E-state index contributed by atoms with van der Waals surface area (Å²) < 4.78 is 19.2. The van der Waals surface area contributed by atoms with E-state index in [9.17, 15) is 9.18 Å². The first-order valence-electron chi connectivity index (χ1n) is 7.63. The third-order valence-electron chi connectivity index (χ3n) is 3.34. The summed E-state index contributed by atoms with van der Waals surface area (Å²) >= 11 is 0. The zero-order valence-corrected chi connectivity index (χ0v) is 13.3. The maximum absolute atomic E-state index is 13.5. The third kappa shape index (κ3) is 5.29. The zero-order valence-electron chi connectivity index (χ0n) is 13.3. The highest BCUT2D eigenvalue weighted by Crippen LogP contribution is 2.19. The van der Waals surface area contributed by atoms with Gasteiger partial charge >= 0.3 is 0 Å². The predicted octanol–water partition coefficient (Wildman–Crippen LogP) is 4.05. The van der Waals surface area contributed by atoms with Crippen LogP contribution in [0.2, 0.25) is 0 Å². The number of hydrogen-bond acceptors (Lipinski definition) is 3. The second-order valence-corrected chi connectivity index (χ2v) is 5.25. The Hall–Kier alpha value is -2.56. The Bertz CT molecular complexity index is 661. The van der Waals surface area contributed by atoms with Crippen molar-refractivity contribution >= 4 is 17.3 Å². The molecule has 0 aliphatic carbocycles. The summed E-state index contributed by atoms with van der Waals surface area (Å²) in [6.45, 7) is 4.02. The molecule has 0 heterocycles. The van der Waals surface area contributed by atoms with Crippen molar-refractivity contribution in [2.24, 2.45) is 0 Å². The number of ether oxygens (including phenoxy) is 1. The number of benzene rings is 2. The standard InChI is InChI=1S/C18H21FN2O2/c1-3-13(2)23-15-8-6-7-14(11-15)21-18(22)12-20-17-10-5-4-9-16(17)19/h4-11,13,20H,3,12H2,1-2H3,(H,21,22). The Morgan fingerprint density at radius 1 is 1.22 bits per heavy atom. The summed E-state index contributed by atoms with van der Waals surface area (Å²) in [7, 11) is 0. The molecule has 0 aliphatic heterocycles. The van der Waals surface area contributed by atoms with Crippen molar-refractivity contribution in [3.05, 3.63) is 54.3 Å². The van der Waals surface area contributed by atoms with Gasteiger partial charge < -0.3 is 15.4 Å². The van der Waals surface area contributed by atoms with Crippen LogP contribution in [0.25, 0.3) is 0 Å². The van der Waals surface area contributed by atoms with Gasteiger partial charge in [-0.1, -0.05) is 25.1 Å². The fourth-order valence-electron chi connectivity index (χ4n) is 1.95. The van der Waals surface area contributed by atoms with E-state index in [1.165, 1.54) is 6.07 Å². The van der Waals surface area contributed by atoms with Crippen LogP contribution in [-0.4, -0.2) is 18.6 Å². The molecule has 5 heteroatoms. The zero-order chi connectivity index (χ0) is 16.7. The van der Waals surface area contributed by atoms with Gasteiger partial charge in [0.2, 0.25) is 5.91 Å². The van der Waals surface area contributed by atoms with E-state index in [4.69, 9.17) is 4.74 Å². The third-order valence-corrected chi connectivity index (χ3v) is 3.34. The maximum atomic E-state index is 13.5. The van der Waals surface area contributed by atoms with Crippen LogP contribution in [-0.2, 0) is 4.79 Å². The molecule has 2 aromatic rings. The molecule has 2 N–H and O–H groups in total. The molecule has 2 rings (SSSR count). The van der Waals surface area contributed by atoms with Crippen LogP contribution < -0.4 is 15.4 Å². The molecule has 0 saturated heterocycles. The minimum absolute atomic E-state index is 0.0165. The van der Waals surface area contributed by atoms with Gasteiger partial charge in [-0.15, -0.1) is 0 Å². The first-order valence-corrected chi connectivity index (χ1v) is 7.63. The van der Waals surface area contributed by atoms with Gasteiger partial charge in [-0.2, -0.15) is 0 Å². The van der Waals surface area contributed by atoms with Gasteiger partial charge in [0, 0.05) is 11.8 Å². The Kier molecular flexibility index (Phi) is 5.97. The topological polar surface area (TPSA) is 50.4 Å². The molecule has 122 valence electrons. The fourth-order valence-corrected chi connectivity index (χ4v) is 1.95.